The van der Waals surface area contributed by atoms with Crippen LogP contribution in [0.2, 0.25) is 0 Å². The van der Waals surface area contributed by atoms with Gasteiger partial charge in [-0.25, -0.2) is 4.98 Å². The van der Waals surface area contributed by atoms with Crippen molar-refractivity contribution in [3.63, 3.8) is 0 Å². The number of anilines is 1. The molecule has 0 saturated carbocycles. The van der Waals surface area contributed by atoms with Crippen LogP contribution in [0.1, 0.15) is 19.8 Å². The van der Waals surface area contributed by atoms with E-state index >= 15 is 0 Å². The molecule has 0 aliphatic rings. The Hall–Kier alpha value is -2.86. The van der Waals surface area contributed by atoms with Crippen LogP contribution in [0.15, 0.2) is 48.5 Å². The molecule has 130 valence electrons. The fourth-order valence-electron chi connectivity index (χ4n) is 2.65. The smallest absolute Gasteiger partial charge is 0.226 e. The molecule has 1 atom stereocenters. The highest BCUT2D eigenvalue weighted by Crippen LogP contribution is 2.26. The Balaban J connectivity index is 1.98. The molecule has 6 heteroatoms. The van der Waals surface area contributed by atoms with Crippen LogP contribution in [-0.4, -0.2) is 28.6 Å². The van der Waals surface area contributed by atoms with E-state index in [0.29, 0.717) is 18.8 Å². The number of nitrogens with one attached hydrogen (secondary N) is 1. The number of hydrogen-bond donors (Lipinski definition) is 2. The summed E-state index contributed by atoms with van der Waals surface area (Å²) in [5, 5.41) is 2.91. The fraction of sp³-hybridized carbons (Fsp3) is 0.263. The lowest BCUT2D eigenvalue weighted by atomic mass is 10.2. The topological polar surface area (TPSA) is 82.2 Å². The van der Waals surface area contributed by atoms with Crippen LogP contribution in [0, 0.1) is 0 Å². The Labute approximate surface area is 146 Å². The van der Waals surface area contributed by atoms with Crippen molar-refractivity contribution in [3.8, 4) is 11.4 Å². The van der Waals surface area contributed by atoms with Gasteiger partial charge in [0.25, 0.3) is 0 Å². The Kier molecular flexibility index (Phi) is 5.00. The highest BCUT2D eigenvalue weighted by molar-refractivity contribution is 5.92. The number of carbonyl (C=O) groups is 1. The number of methoxy groups -OCH3 is 1. The summed E-state index contributed by atoms with van der Waals surface area (Å²) in [5.41, 5.74) is 8.38. The standard InChI is InChI=1S/C19H22N4O2/c1-13(20)7-12-18(24)22-19-21-16-5-3-4-6-17(16)23(19)14-8-10-15(25-2)11-9-14/h3-6,8-11,13H,7,12,20H2,1-2H3,(H,21,22,24). The molecule has 0 saturated heterocycles. The van der Waals surface area contributed by atoms with Gasteiger partial charge in [-0.05, 0) is 49.7 Å². The number of nitrogens with zero attached hydrogens (tertiary/aromatic N) is 2. The van der Waals surface area contributed by atoms with Crippen LogP contribution in [0.25, 0.3) is 16.7 Å². The van der Waals surface area contributed by atoms with Crippen LogP contribution < -0.4 is 15.8 Å². The minimum Gasteiger partial charge on any atom is -0.497 e. The van der Waals surface area contributed by atoms with Crippen LogP contribution in [0.5, 0.6) is 5.75 Å². The van der Waals surface area contributed by atoms with Gasteiger partial charge in [-0.15, -0.1) is 0 Å². The van der Waals surface area contributed by atoms with Gasteiger partial charge < -0.3 is 10.5 Å². The molecule has 0 aliphatic carbocycles. The zero-order chi connectivity index (χ0) is 17.8. The summed E-state index contributed by atoms with van der Waals surface area (Å²) in [4.78, 5) is 16.8. The number of ether oxygens (including phenoxy) is 1. The normalized spacial score (nSPS) is 12.1. The zero-order valence-electron chi connectivity index (χ0n) is 14.4. The highest BCUT2D eigenvalue weighted by atomic mass is 16.5. The molecule has 1 amide bonds. The molecule has 25 heavy (non-hydrogen) atoms. The van der Waals surface area contributed by atoms with E-state index in [1.165, 1.54) is 0 Å². The molecule has 0 fully saturated rings. The zero-order valence-corrected chi connectivity index (χ0v) is 14.4. The van der Waals surface area contributed by atoms with Crippen molar-refractivity contribution in [1.29, 1.82) is 0 Å². The maximum absolute atomic E-state index is 12.2. The minimum absolute atomic E-state index is 0.00819. The van der Waals surface area contributed by atoms with Crippen molar-refractivity contribution in [1.82, 2.24) is 9.55 Å². The van der Waals surface area contributed by atoms with Gasteiger partial charge in [0.15, 0.2) is 0 Å². The molecule has 2 aromatic carbocycles. The lowest BCUT2D eigenvalue weighted by molar-refractivity contribution is -0.116. The predicted octanol–water partition coefficient (Wildman–Crippen LogP) is 3.10. The van der Waals surface area contributed by atoms with Crippen molar-refractivity contribution in [3.05, 3.63) is 48.5 Å². The summed E-state index contributed by atoms with van der Waals surface area (Å²) < 4.78 is 7.15. The number of para-hydroxylation sites is 2. The monoisotopic (exact) mass is 338 g/mol. The van der Waals surface area contributed by atoms with Crippen molar-refractivity contribution in [2.24, 2.45) is 5.73 Å². The molecule has 6 nitrogen and oxygen atoms in total. The lowest BCUT2D eigenvalue weighted by Gasteiger charge is -2.11. The third kappa shape index (κ3) is 3.80. The summed E-state index contributed by atoms with van der Waals surface area (Å²) in [5.74, 6) is 1.18. The van der Waals surface area contributed by atoms with Crippen molar-refractivity contribution in [2.45, 2.75) is 25.8 Å². The third-order valence-corrected chi connectivity index (χ3v) is 3.97. The second-order valence-electron chi connectivity index (χ2n) is 6.02. The molecule has 3 aromatic rings. The van der Waals surface area contributed by atoms with E-state index < -0.39 is 0 Å². The SMILES string of the molecule is COc1ccc(-n2c(NC(=O)CCC(C)N)nc3ccccc32)cc1. The van der Waals surface area contributed by atoms with Crippen LogP contribution in [0.4, 0.5) is 5.95 Å². The molecular formula is C19H22N4O2. The summed E-state index contributed by atoms with van der Waals surface area (Å²) in [6, 6.07) is 15.4. The predicted molar refractivity (Wildman–Crippen MR) is 99.1 cm³/mol. The van der Waals surface area contributed by atoms with Crippen molar-refractivity contribution in [2.75, 3.05) is 12.4 Å². The molecule has 0 radical (unpaired) electrons. The lowest BCUT2D eigenvalue weighted by Crippen LogP contribution is -2.20. The number of hydrogen-bond acceptors (Lipinski definition) is 4. The van der Waals surface area contributed by atoms with Gasteiger partial charge in [0.2, 0.25) is 11.9 Å². The number of amides is 1. The molecule has 0 spiro atoms. The van der Waals surface area contributed by atoms with E-state index in [4.69, 9.17) is 10.5 Å². The van der Waals surface area contributed by atoms with Gasteiger partial charge >= 0.3 is 0 Å². The van der Waals surface area contributed by atoms with Gasteiger partial charge in [-0.2, -0.15) is 0 Å². The number of nitrogens with two attached hydrogens (primary N) is 1. The number of aromatic nitrogens is 2. The van der Waals surface area contributed by atoms with Crippen LogP contribution in [0.3, 0.4) is 0 Å². The number of imidazole rings is 1. The molecule has 1 aromatic heterocycles. The second-order valence-corrected chi connectivity index (χ2v) is 6.02. The summed E-state index contributed by atoms with van der Waals surface area (Å²) >= 11 is 0. The van der Waals surface area contributed by atoms with Crippen LogP contribution >= 0.6 is 0 Å². The van der Waals surface area contributed by atoms with Crippen LogP contribution in [-0.2, 0) is 4.79 Å². The van der Waals surface area contributed by atoms with Crippen molar-refractivity contribution < 1.29 is 9.53 Å². The van der Waals surface area contributed by atoms with E-state index in [0.717, 1.165) is 22.5 Å². The van der Waals surface area contributed by atoms with E-state index in [2.05, 4.69) is 10.3 Å². The minimum atomic E-state index is -0.0950. The molecule has 1 heterocycles. The highest BCUT2D eigenvalue weighted by Gasteiger charge is 2.15. The van der Waals surface area contributed by atoms with Gasteiger partial charge in [0.05, 0.1) is 18.1 Å². The number of fused-ring (bicyclic) bond motifs is 1. The first kappa shape index (κ1) is 17.0. The summed E-state index contributed by atoms with van der Waals surface area (Å²) in [7, 11) is 1.63. The fourth-order valence-corrected chi connectivity index (χ4v) is 2.65. The average molecular weight is 338 g/mol. The first-order valence-corrected chi connectivity index (χ1v) is 8.26. The first-order chi connectivity index (χ1) is 12.1. The maximum atomic E-state index is 12.2. The summed E-state index contributed by atoms with van der Waals surface area (Å²) in [6.45, 7) is 1.89. The van der Waals surface area contributed by atoms with Gasteiger partial charge in [0, 0.05) is 18.2 Å². The third-order valence-electron chi connectivity index (χ3n) is 3.97. The maximum Gasteiger partial charge on any atom is 0.226 e. The average Bonchev–Trinajstić information content (AvgIpc) is 2.97. The van der Waals surface area contributed by atoms with E-state index in [9.17, 15) is 4.79 Å². The molecule has 3 N–H and O–H groups in total. The summed E-state index contributed by atoms with van der Waals surface area (Å²) in [6.07, 6.45) is 0.998. The second kappa shape index (κ2) is 7.36. The quantitative estimate of drug-likeness (QED) is 0.723. The van der Waals surface area contributed by atoms with Gasteiger partial charge in [-0.1, -0.05) is 12.1 Å². The number of rotatable bonds is 6. The van der Waals surface area contributed by atoms with Gasteiger partial charge in [0.1, 0.15) is 5.75 Å². The molecule has 0 bridgehead atoms. The molecular weight excluding hydrogens is 316 g/mol. The number of benzene rings is 2. The Bertz CT molecular complexity index is 869. The first-order valence-electron chi connectivity index (χ1n) is 8.26. The Morgan fingerprint density at radius 3 is 2.64 bits per heavy atom. The van der Waals surface area contributed by atoms with E-state index in [1.54, 1.807) is 7.11 Å². The Morgan fingerprint density at radius 2 is 1.96 bits per heavy atom. The number of carbonyl (C=O) groups excluding carboxylic acids is 1. The van der Waals surface area contributed by atoms with E-state index in [1.807, 2.05) is 60.0 Å². The molecule has 1 unspecified atom stereocenters. The van der Waals surface area contributed by atoms with Gasteiger partial charge in [-0.3, -0.25) is 14.7 Å². The largest absolute Gasteiger partial charge is 0.497 e. The molecule has 0 aliphatic heterocycles. The Morgan fingerprint density at radius 1 is 1.24 bits per heavy atom. The molecule has 3 rings (SSSR count). The van der Waals surface area contributed by atoms with E-state index in [-0.39, 0.29) is 11.9 Å². The van der Waals surface area contributed by atoms with Crippen molar-refractivity contribution >= 4 is 22.9 Å².